The van der Waals surface area contributed by atoms with Crippen LogP contribution in [0.15, 0.2) is 42.6 Å². The third kappa shape index (κ3) is 3.40. The quantitative estimate of drug-likeness (QED) is 0.515. The van der Waals surface area contributed by atoms with Gasteiger partial charge in [-0.25, -0.2) is 9.68 Å². The van der Waals surface area contributed by atoms with Crippen LogP contribution in [0.1, 0.15) is 27.2 Å². The molecule has 0 fully saturated rings. The van der Waals surface area contributed by atoms with Gasteiger partial charge in [0.15, 0.2) is 0 Å². The number of benzene rings is 1. The Labute approximate surface area is 116 Å². The summed E-state index contributed by atoms with van der Waals surface area (Å²) in [6, 6.07) is 10.7. The highest BCUT2D eigenvalue weighted by atomic mass is 17.1. The molecule has 0 bridgehead atoms. The fourth-order valence-electron chi connectivity index (χ4n) is 1.82. The van der Waals surface area contributed by atoms with E-state index >= 15 is 0 Å². The molecule has 0 amide bonds. The van der Waals surface area contributed by atoms with E-state index in [-0.39, 0.29) is 13.2 Å². The number of nitrogens with zero attached hydrogens (tertiary/aromatic N) is 1. The molecule has 20 heavy (non-hydrogen) atoms. The average Bonchev–Trinajstić information content (AvgIpc) is 2.47. The topological polar surface area (TPSA) is 68.7 Å². The smallest absolute Gasteiger partial charge is 0.338 e. The minimum Gasteiger partial charge on any atom is -0.456 e. The second-order valence-corrected chi connectivity index (χ2v) is 4.27. The molecule has 0 saturated carbocycles. The lowest BCUT2D eigenvalue weighted by atomic mass is 10.1. The lowest BCUT2D eigenvalue weighted by molar-refractivity contribution is -0.253. The van der Waals surface area contributed by atoms with Crippen molar-refractivity contribution < 1.29 is 19.7 Å². The second kappa shape index (κ2) is 6.79. The molecule has 1 aromatic carbocycles. The van der Waals surface area contributed by atoms with Crippen molar-refractivity contribution in [1.29, 1.82) is 0 Å². The Morgan fingerprint density at radius 3 is 2.75 bits per heavy atom. The zero-order chi connectivity index (χ0) is 14.4. The van der Waals surface area contributed by atoms with Gasteiger partial charge in [-0.1, -0.05) is 24.3 Å². The van der Waals surface area contributed by atoms with Crippen molar-refractivity contribution in [2.24, 2.45) is 0 Å². The van der Waals surface area contributed by atoms with Crippen LogP contribution in [0, 0.1) is 6.92 Å². The summed E-state index contributed by atoms with van der Waals surface area (Å²) in [6.07, 6.45) is 1.60. The summed E-state index contributed by atoms with van der Waals surface area (Å²) in [4.78, 5) is 20.2. The van der Waals surface area contributed by atoms with Gasteiger partial charge in [0, 0.05) is 11.8 Å². The van der Waals surface area contributed by atoms with Crippen LogP contribution in [0.5, 0.6) is 0 Å². The van der Waals surface area contributed by atoms with E-state index in [2.05, 4.69) is 9.87 Å². The van der Waals surface area contributed by atoms with Gasteiger partial charge in [-0.3, -0.25) is 10.2 Å². The molecule has 0 atom stereocenters. The molecule has 1 heterocycles. The van der Waals surface area contributed by atoms with Crippen LogP contribution in [-0.2, 0) is 22.8 Å². The normalized spacial score (nSPS) is 10.3. The average molecular weight is 273 g/mol. The highest BCUT2D eigenvalue weighted by Gasteiger charge is 2.11. The van der Waals surface area contributed by atoms with Crippen LogP contribution >= 0.6 is 0 Å². The summed E-state index contributed by atoms with van der Waals surface area (Å²) in [5.74, 6) is -0.399. The predicted octanol–water partition coefficient (Wildman–Crippen LogP) is 2.74. The van der Waals surface area contributed by atoms with Crippen molar-refractivity contribution in [3.63, 3.8) is 0 Å². The van der Waals surface area contributed by atoms with Crippen LogP contribution in [0.3, 0.4) is 0 Å². The van der Waals surface area contributed by atoms with Gasteiger partial charge in [0.25, 0.3) is 0 Å². The zero-order valence-electron chi connectivity index (χ0n) is 11.1. The lowest BCUT2D eigenvalue weighted by Crippen LogP contribution is -2.09. The van der Waals surface area contributed by atoms with E-state index in [1.54, 1.807) is 30.5 Å². The van der Waals surface area contributed by atoms with Gasteiger partial charge in [0.1, 0.15) is 13.2 Å². The fourth-order valence-corrected chi connectivity index (χ4v) is 1.82. The molecule has 0 spiro atoms. The molecule has 5 heteroatoms. The molecule has 1 N–H and O–H groups in total. The van der Waals surface area contributed by atoms with Gasteiger partial charge in [-0.15, -0.1) is 0 Å². The largest absolute Gasteiger partial charge is 0.456 e. The van der Waals surface area contributed by atoms with Crippen molar-refractivity contribution in [3.05, 3.63) is 65.0 Å². The first kappa shape index (κ1) is 14.2. The minimum atomic E-state index is -0.399. The molecule has 5 nitrogen and oxygen atoms in total. The van der Waals surface area contributed by atoms with Gasteiger partial charge in [-0.2, -0.15) is 0 Å². The summed E-state index contributed by atoms with van der Waals surface area (Å²) in [6.45, 7) is 1.89. The Bertz CT molecular complexity index is 598. The SMILES string of the molecule is Cc1ccccc1C(=O)OCc1ncccc1COO. The zero-order valence-corrected chi connectivity index (χ0v) is 11.1. The monoisotopic (exact) mass is 273 g/mol. The fraction of sp³-hybridized carbons (Fsp3) is 0.200. The molecule has 2 aromatic rings. The van der Waals surface area contributed by atoms with Crippen molar-refractivity contribution in [3.8, 4) is 0 Å². The van der Waals surface area contributed by atoms with E-state index in [9.17, 15) is 4.79 Å². The third-order valence-electron chi connectivity index (χ3n) is 2.91. The number of aryl methyl sites for hydroxylation is 1. The summed E-state index contributed by atoms with van der Waals surface area (Å²) < 4.78 is 5.24. The van der Waals surface area contributed by atoms with Crippen molar-refractivity contribution >= 4 is 5.97 Å². The maximum atomic E-state index is 12.0. The van der Waals surface area contributed by atoms with Gasteiger partial charge in [0.05, 0.1) is 11.3 Å². The number of carbonyl (C=O) groups excluding carboxylic acids is 1. The van der Waals surface area contributed by atoms with Crippen LogP contribution in [0.25, 0.3) is 0 Å². The van der Waals surface area contributed by atoms with E-state index < -0.39 is 5.97 Å². The molecular formula is C15H15NO4. The molecular weight excluding hydrogens is 258 g/mol. The Hall–Kier alpha value is -2.24. The summed E-state index contributed by atoms with van der Waals surface area (Å²) in [5, 5.41) is 8.50. The van der Waals surface area contributed by atoms with Crippen LogP contribution in [0.2, 0.25) is 0 Å². The first-order chi connectivity index (χ1) is 9.72. The minimum absolute atomic E-state index is 0.00505. The van der Waals surface area contributed by atoms with Crippen LogP contribution < -0.4 is 0 Å². The molecule has 0 aliphatic carbocycles. The number of carbonyl (C=O) groups is 1. The molecule has 2 rings (SSSR count). The van der Waals surface area contributed by atoms with E-state index in [0.717, 1.165) is 5.56 Å². The summed E-state index contributed by atoms with van der Waals surface area (Å²) >= 11 is 0. The Balaban J connectivity index is 2.06. The molecule has 0 saturated heterocycles. The van der Waals surface area contributed by atoms with Crippen molar-refractivity contribution in [2.75, 3.05) is 0 Å². The Morgan fingerprint density at radius 1 is 1.20 bits per heavy atom. The van der Waals surface area contributed by atoms with E-state index in [1.807, 2.05) is 19.1 Å². The number of rotatable bonds is 5. The lowest BCUT2D eigenvalue weighted by Gasteiger charge is -2.09. The second-order valence-electron chi connectivity index (χ2n) is 4.27. The first-order valence-corrected chi connectivity index (χ1v) is 6.14. The van der Waals surface area contributed by atoms with Gasteiger partial charge in [-0.05, 0) is 24.6 Å². The van der Waals surface area contributed by atoms with Crippen LogP contribution in [-0.4, -0.2) is 16.2 Å². The number of pyridine rings is 1. The number of esters is 1. The van der Waals surface area contributed by atoms with Crippen molar-refractivity contribution in [2.45, 2.75) is 20.1 Å². The number of ether oxygens (including phenoxy) is 1. The molecule has 0 radical (unpaired) electrons. The highest BCUT2D eigenvalue weighted by Crippen LogP contribution is 2.12. The van der Waals surface area contributed by atoms with Gasteiger partial charge < -0.3 is 4.74 Å². The van der Waals surface area contributed by atoms with E-state index in [0.29, 0.717) is 16.8 Å². The van der Waals surface area contributed by atoms with E-state index in [4.69, 9.17) is 9.99 Å². The highest BCUT2D eigenvalue weighted by molar-refractivity contribution is 5.90. The van der Waals surface area contributed by atoms with Gasteiger partial charge >= 0.3 is 5.97 Å². The number of hydrogen-bond acceptors (Lipinski definition) is 5. The van der Waals surface area contributed by atoms with Crippen LogP contribution in [0.4, 0.5) is 0 Å². The molecule has 0 unspecified atom stereocenters. The Kier molecular flexibility index (Phi) is 4.81. The third-order valence-corrected chi connectivity index (χ3v) is 2.91. The first-order valence-electron chi connectivity index (χ1n) is 6.14. The maximum absolute atomic E-state index is 12.0. The molecule has 0 aliphatic heterocycles. The molecule has 104 valence electrons. The maximum Gasteiger partial charge on any atom is 0.338 e. The summed E-state index contributed by atoms with van der Waals surface area (Å²) in [5.41, 5.74) is 2.62. The summed E-state index contributed by atoms with van der Waals surface area (Å²) in [7, 11) is 0. The Morgan fingerprint density at radius 2 is 2.00 bits per heavy atom. The number of hydrogen-bond donors (Lipinski definition) is 1. The van der Waals surface area contributed by atoms with Gasteiger partial charge in [0.2, 0.25) is 0 Å². The molecule has 0 aliphatic rings. The van der Waals surface area contributed by atoms with Crippen molar-refractivity contribution in [1.82, 2.24) is 4.98 Å². The predicted molar refractivity (Wildman–Crippen MR) is 72.0 cm³/mol. The molecule has 1 aromatic heterocycles. The van der Waals surface area contributed by atoms with E-state index in [1.165, 1.54) is 0 Å². The standard InChI is InChI=1S/C15H15NO4/c1-11-5-2-3-7-13(11)15(17)19-10-14-12(9-20-18)6-4-8-16-14/h2-8,18H,9-10H2,1H3. The number of aromatic nitrogens is 1.